The standard InChI is InChI=1S/C49H34BO8/c1-5-23(4)25-19-33-41(35(52)21-25)47(54)31-15-7-11-27-29-13-9-17-37-43(29)49(45(33)39(27)31)58-50(56-37)55-36-16-8-12-28-26-10-6-14-30-38(26)44(48(57-50)42(28)36)32-18-24(22(2)3)20-34(51)40(32)46(30)53/h6-23,51-52H,5H2,1-4H3/q-1/t23-,50?/m0/s1. The highest BCUT2D eigenvalue weighted by Gasteiger charge is 2.51. The van der Waals surface area contributed by atoms with Crippen LogP contribution in [-0.4, -0.2) is 28.7 Å². The fraction of sp³-hybridized carbons (Fsp3) is 0.143. The number of carbonyl (C=O) groups excluding carboxylic acids is 2. The van der Waals surface area contributed by atoms with E-state index in [1.807, 2.05) is 86.6 Å². The first-order chi connectivity index (χ1) is 28.1. The lowest BCUT2D eigenvalue weighted by atomic mass is 9.77. The van der Waals surface area contributed by atoms with Crippen molar-refractivity contribution in [2.75, 3.05) is 0 Å². The molecule has 282 valence electrons. The summed E-state index contributed by atoms with van der Waals surface area (Å²) in [4.78, 5) is 28.6. The second-order valence-electron chi connectivity index (χ2n) is 16.3. The number of phenolic OH excluding ortho intramolecular Hbond substituents is 2. The van der Waals surface area contributed by atoms with Gasteiger partial charge >= 0.3 is 6.96 Å². The summed E-state index contributed by atoms with van der Waals surface area (Å²) in [5, 5.41) is 29.2. The number of benzene rings is 8. The molecule has 2 aliphatic carbocycles. The van der Waals surface area contributed by atoms with E-state index in [2.05, 4.69) is 13.8 Å². The number of aromatic hydroxyl groups is 2. The second-order valence-corrected chi connectivity index (χ2v) is 16.3. The van der Waals surface area contributed by atoms with E-state index in [9.17, 15) is 19.8 Å². The molecule has 8 aromatic carbocycles. The van der Waals surface area contributed by atoms with E-state index in [1.54, 1.807) is 24.3 Å². The number of fused-ring (bicyclic) bond motifs is 8. The largest absolute Gasteiger partial charge is 0.777 e. The number of hydrogen-bond acceptors (Lipinski definition) is 8. The maximum absolute atomic E-state index is 14.3. The Morgan fingerprint density at radius 2 is 0.948 bits per heavy atom. The Hall–Kier alpha value is -7.00. The number of hydrogen-bond donors (Lipinski definition) is 2. The van der Waals surface area contributed by atoms with E-state index in [0.717, 1.165) is 39.1 Å². The zero-order valence-corrected chi connectivity index (χ0v) is 32.0. The van der Waals surface area contributed by atoms with Gasteiger partial charge in [-0.15, -0.1) is 0 Å². The maximum atomic E-state index is 14.3. The molecule has 0 saturated heterocycles. The van der Waals surface area contributed by atoms with Crippen molar-refractivity contribution in [1.82, 2.24) is 0 Å². The van der Waals surface area contributed by atoms with Gasteiger partial charge in [0.2, 0.25) is 0 Å². The molecule has 1 spiro atoms. The van der Waals surface area contributed by atoms with Crippen LogP contribution in [0.25, 0.3) is 65.3 Å². The van der Waals surface area contributed by atoms with Crippen LogP contribution in [0.5, 0.6) is 34.5 Å². The summed E-state index contributed by atoms with van der Waals surface area (Å²) in [5.74, 6) is 1.19. The molecule has 12 rings (SSSR count). The Morgan fingerprint density at radius 1 is 0.517 bits per heavy atom. The van der Waals surface area contributed by atoms with Gasteiger partial charge in [0.05, 0.1) is 44.9 Å². The lowest BCUT2D eigenvalue weighted by Gasteiger charge is -2.48. The van der Waals surface area contributed by atoms with Crippen LogP contribution in [-0.2, 0) is 0 Å². The van der Waals surface area contributed by atoms with Gasteiger partial charge in [0.1, 0.15) is 11.5 Å². The fourth-order valence-corrected chi connectivity index (χ4v) is 9.91. The smallest absolute Gasteiger partial charge is 0.611 e. The average Bonchev–Trinajstić information content (AvgIpc) is 3.21. The quantitative estimate of drug-likeness (QED) is 0.135. The molecule has 0 aromatic heterocycles. The normalized spacial score (nSPS) is 17.3. The summed E-state index contributed by atoms with van der Waals surface area (Å²) in [5.41, 5.74) is 5.50. The molecule has 2 atom stereocenters. The second kappa shape index (κ2) is 11.1. The van der Waals surface area contributed by atoms with Crippen LogP contribution in [0.4, 0.5) is 0 Å². The Balaban J connectivity index is 1.17. The Bertz CT molecular complexity index is 3290. The molecule has 0 saturated carbocycles. The van der Waals surface area contributed by atoms with Crippen molar-refractivity contribution in [1.29, 1.82) is 0 Å². The summed E-state index contributed by atoms with van der Waals surface area (Å²) in [6.45, 7) is 5.09. The van der Waals surface area contributed by atoms with E-state index in [0.29, 0.717) is 77.9 Å². The van der Waals surface area contributed by atoms with Crippen LogP contribution in [0.1, 0.15) is 88.9 Å². The van der Waals surface area contributed by atoms with Gasteiger partial charge in [0.25, 0.3) is 0 Å². The molecule has 9 heteroatoms. The SMILES string of the molecule is CC[C@H](C)c1cc(O)c2c(c1)-c1c3c4c(cccc4c4cccc(c14)C2=O)O[B-]1(Oc2cccc4c2c(c2c5c(cccc54)C(=O)c4c(O)cc(C(C)C)cc4-2)O1)O3. The van der Waals surface area contributed by atoms with Gasteiger partial charge in [-0.2, -0.15) is 0 Å². The van der Waals surface area contributed by atoms with Gasteiger partial charge in [-0.3, -0.25) is 9.59 Å². The monoisotopic (exact) mass is 761 g/mol. The van der Waals surface area contributed by atoms with Crippen LogP contribution in [0.2, 0.25) is 0 Å². The first-order valence-electron chi connectivity index (χ1n) is 19.8. The molecule has 8 nitrogen and oxygen atoms in total. The number of carbonyl (C=O) groups is 2. The topological polar surface area (TPSA) is 112 Å². The maximum Gasteiger partial charge on any atom is 0.777 e. The number of ketones is 2. The predicted octanol–water partition coefficient (Wildman–Crippen LogP) is 11.4. The highest BCUT2D eigenvalue weighted by atomic mass is 16.9. The van der Waals surface area contributed by atoms with E-state index in [1.165, 1.54) is 0 Å². The van der Waals surface area contributed by atoms with E-state index >= 15 is 0 Å². The fourth-order valence-electron chi connectivity index (χ4n) is 9.91. The number of phenols is 2. The lowest BCUT2D eigenvalue weighted by molar-refractivity contribution is 0.102. The van der Waals surface area contributed by atoms with Crippen molar-refractivity contribution < 1.29 is 38.4 Å². The van der Waals surface area contributed by atoms with Crippen LogP contribution >= 0.6 is 0 Å². The van der Waals surface area contributed by atoms with Crippen LogP contribution in [0, 0.1) is 0 Å². The van der Waals surface area contributed by atoms with Crippen LogP contribution in [0.15, 0.2) is 97.1 Å². The molecule has 2 heterocycles. The van der Waals surface area contributed by atoms with E-state index in [4.69, 9.17) is 18.6 Å². The molecule has 0 radical (unpaired) electrons. The Kier molecular flexibility index (Phi) is 6.35. The van der Waals surface area contributed by atoms with Gasteiger partial charge in [0.15, 0.2) is 11.6 Å². The van der Waals surface area contributed by atoms with Crippen LogP contribution in [0.3, 0.4) is 0 Å². The summed E-state index contributed by atoms with van der Waals surface area (Å²) >= 11 is 0. The molecular weight excluding hydrogens is 727 g/mol. The average molecular weight is 762 g/mol. The molecule has 1 unspecified atom stereocenters. The molecule has 0 fully saturated rings. The predicted molar refractivity (Wildman–Crippen MR) is 225 cm³/mol. The highest BCUT2D eigenvalue weighted by molar-refractivity contribution is 6.60. The Morgan fingerprint density at radius 3 is 1.41 bits per heavy atom. The van der Waals surface area contributed by atoms with Crippen LogP contribution < -0.4 is 18.6 Å². The molecule has 2 aliphatic heterocycles. The number of rotatable bonds is 3. The summed E-state index contributed by atoms with van der Waals surface area (Å²) in [6, 6.07) is 30.1. The van der Waals surface area contributed by atoms with Gasteiger partial charge in [-0.1, -0.05) is 88.4 Å². The minimum atomic E-state index is -3.18. The minimum absolute atomic E-state index is 0.0554. The molecule has 0 bridgehead atoms. The summed E-state index contributed by atoms with van der Waals surface area (Å²) in [6.07, 6.45) is 0.833. The lowest BCUT2D eigenvalue weighted by Crippen LogP contribution is -2.62. The first-order valence-corrected chi connectivity index (χ1v) is 19.8. The van der Waals surface area contributed by atoms with Crippen molar-refractivity contribution in [2.24, 2.45) is 0 Å². The van der Waals surface area contributed by atoms with Gasteiger partial charge < -0.3 is 28.8 Å². The third kappa shape index (κ3) is 4.05. The third-order valence-corrected chi connectivity index (χ3v) is 12.8. The Labute approximate surface area is 332 Å². The zero-order chi connectivity index (χ0) is 39.5. The molecule has 8 aromatic rings. The summed E-state index contributed by atoms with van der Waals surface area (Å²) in [7, 11) is 0. The van der Waals surface area contributed by atoms with Crippen molar-refractivity contribution >= 4 is 61.6 Å². The van der Waals surface area contributed by atoms with Crippen molar-refractivity contribution in [3.63, 3.8) is 0 Å². The zero-order valence-electron chi connectivity index (χ0n) is 32.0. The molecule has 0 amide bonds. The molecule has 58 heavy (non-hydrogen) atoms. The minimum Gasteiger partial charge on any atom is -0.611 e. The van der Waals surface area contributed by atoms with Gasteiger partial charge in [-0.25, -0.2) is 0 Å². The molecule has 2 N–H and O–H groups in total. The van der Waals surface area contributed by atoms with Gasteiger partial charge in [0, 0.05) is 44.2 Å². The molecule has 4 aliphatic rings. The highest BCUT2D eigenvalue weighted by Crippen LogP contribution is 2.59. The van der Waals surface area contributed by atoms with E-state index < -0.39 is 6.96 Å². The first kappa shape index (κ1) is 33.2. The van der Waals surface area contributed by atoms with Crippen molar-refractivity contribution in [2.45, 2.75) is 46.0 Å². The summed E-state index contributed by atoms with van der Waals surface area (Å²) < 4.78 is 28.0. The van der Waals surface area contributed by atoms with Gasteiger partial charge in [-0.05, 0) is 87.3 Å². The molecular formula is C49H34BO8-. The van der Waals surface area contributed by atoms with Crippen molar-refractivity contribution in [3.8, 4) is 56.8 Å². The third-order valence-electron chi connectivity index (χ3n) is 12.8. The van der Waals surface area contributed by atoms with Crippen molar-refractivity contribution in [3.05, 3.63) is 130 Å². The van der Waals surface area contributed by atoms with E-state index in [-0.39, 0.29) is 46.0 Å².